The summed E-state index contributed by atoms with van der Waals surface area (Å²) in [6.45, 7) is 5.77. The smallest absolute Gasteiger partial charge is 0.0719 e. The molecule has 1 aromatic heterocycles. The van der Waals surface area contributed by atoms with Crippen LogP contribution in [0.2, 0.25) is 5.02 Å². The van der Waals surface area contributed by atoms with E-state index < -0.39 is 0 Å². The van der Waals surface area contributed by atoms with Crippen LogP contribution in [0, 0.1) is 5.92 Å². The van der Waals surface area contributed by atoms with Crippen molar-refractivity contribution in [3.63, 3.8) is 0 Å². The Kier molecular flexibility index (Phi) is 2.54. The van der Waals surface area contributed by atoms with Crippen LogP contribution >= 0.6 is 11.6 Å². The van der Waals surface area contributed by atoms with Gasteiger partial charge in [-0.1, -0.05) is 43.6 Å². The summed E-state index contributed by atoms with van der Waals surface area (Å²) < 4.78 is 2.49. The second kappa shape index (κ2) is 4.33. The molecule has 0 spiro atoms. The maximum Gasteiger partial charge on any atom is 0.0719 e. The Morgan fingerprint density at radius 1 is 1.13 bits per heavy atom. The molecular formula is C20H19ClN2. The number of fused-ring (bicyclic) bond motifs is 6. The van der Waals surface area contributed by atoms with E-state index in [0.29, 0.717) is 12.0 Å². The average Bonchev–Trinajstić information content (AvgIpc) is 3.06. The number of hydrogen-bond acceptors (Lipinski definition) is 1. The van der Waals surface area contributed by atoms with E-state index in [1.807, 2.05) is 6.07 Å². The number of nitrogens with one attached hydrogen (secondary N) is 1. The van der Waals surface area contributed by atoms with E-state index >= 15 is 0 Å². The van der Waals surface area contributed by atoms with Crippen molar-refractivity contribution >= 4 is 28.2 Å². The predicted octanol–water partition coefficient (Wildman–Crippen LogP) is 5.37. The average molecular weight is 323 g/mol. The molecule has 5 rings (SSSR count). The van der Waals surface area contributed by atoms with Crippen molar-refractivity contribution in [2.45, 2.75) is 31.8 Å². The lowest BCUT2D eigenvalue weighted by Gasteiger charge is -2.42. The summed E-state index contributed by atoms with van der Waals surface area (Å²) in [5.41, 5.74) is 5.40. The molecule has 0 saturated heterocycles. The van der Waals surface area contributed by atoms with Gasteiger partial charge in [-0.2, -0.15) is 0 Å². The Balaban J connectivity index is 1.71. The number of halogens is 1. The topological polar surface area (TPSA) is 17.0 Å². The maximum absolute atomic E-state index is 6.26. The molecule has 116 valence electrons. The normalized spacial score (nSPS) is 24.0. The molecule has 3 aromatic rings. The number of para-hydroxylation sites is 1. The fourth-order valence-corrected chi connectivity index (χ4v) is 4.74. The Hall–Kier alpha value is -1.93. The van der Waals surface area contributed by atoms with Crippen molar-refractivity contribution < 1.29 is 0 Å². The van der Waals surface area contributed by atoms with Gasteiger partial charge in [-0.25, -0.2) is 0 Å². The third-order valence-corrected chi connectivity index (χ3v) is 6.09. The Morgan fingerprint density at radius 2 is 1.96 bits per heavy atom. The van der Waals surface area contributed by atoms with Crippen molar-refractivity contribution in [3.05, 3.63) is 64.8 Å². The van der Waals surface area contributed by atoms with Gasteiger partial charge in [0.2, 0.25) is 0 Å². The second-order valence-electron chi connectivity index (χ2n) is 7.38. The van der Waals surface area contributed by atoms with Gasteiger partial charge < -0.3 is 9.88 Å². The molecule has 0 unspecified atom stereocenters. The summed E-state index contributed by atoms with van der Waals surface area (Å²) in [4.78, 5) is 0. The fourth-order valence-electron chi connectivity index (χ4n) is 4.56. The van der Waals surface area contributed by atoms with Crippen LogP contribution < -0.4 is 5.32 Å². The lowest BCUT2D eigenvalue weighted by Crippen LogP contribution is -2.39. The van der Waals surface area contributed by atoms with E-state index in [-0.39, 0.29) is 5.41 Å². The summed E-state index contributed by atoms with van der Waals surface area (Å²) in [6.07, 6.45) is 0. The number of rotatable bonds is 0. The second-order valence-corrected chi connectivity index (χ2v) is 7.82. The summed E-state index contributed by atoms with van der Waals surface area (Å²) >= 11 is 6.26. The largest absolute Gasteiger partial charge is 0.376 e. The molecule has 3 heteroatoms. The van der Waals surface area contributed by atoms with E-state index in [1.54, 1.807) is 0 Å². The van der Waals surface area contributed by atoms with Crippen molar-refractivity contribution in [2.75, 3.05) is 5.32 Å². The fraction of sp³-hybridized carbons (Fsp3) is 0.300. The maximum atomic E-state index is 6.26. The van der Waals surface area contributed by atoms with Gasteiger partial charge in [0.15, 0.2) is 0 Å². The predicted molar refractivity (Wildman–Crippen MR) is 96.3 cm³/mol. The number of hydrogen-bond donors (Lipinski definition) is 1. The van der Waals surface area contributed by atoms with E-state index in [2.05, 4.69) is 66.2 Å². The van der Waals surface area contributed by atoms with E-state index in [9.17, 15) is 0 Å². The molecule has 0 aliphatic carbocycles. The van der Waals surface area contributed by atoms with Crippen LogP contribution in [0.3, 0.4) is 0 Å². The molecule has 2 atom stereocenters. The van der Waals surface area contributed by atoms with Gasteiger partial charge in [0.05, 0.1) is 6.04 Å². The van der Waals surface area contributed by atoms with Gasteiger partial charge in [0.25, 0.3) is 0 Å². The molecular weight excluding hydrogens is 304 g/mol. The quantitative estimate of drug-likeness (QED) is 0.589. The Labute approximate surface area is 141 Å². The van der Waals surface area contributed by atoms with Crippen molar-refractivity contribution in [1.29, 1.82) is 0 Å². The van der Waals surface area contributed by atoms with Crippen molar-refractivity contribution in [2.24, 2.45) is 5.92 Å². The monoisotopic (exact) mass is 322 g/mol. The molecule has 0 bridgehead atoms. The molecule has 0 radical (unpaired) electrons. The summed E-state index contributed by atoms with van der Waals surface area (Å²) in [5.74, 6) is 0.535. The molecule has 2 aromatic carbocycles. The first kappa shape index (κ1) is 13.5. The first-order valence-corrected chi connectivity index (χ1v) is 8.58. The number of anilines is 1. The standard InChI is InChI=1S/C20H19ClN2/c1-20(2)14-10-13(21)7-8-16(14)22-19-15(20)11-23-17-6-4-3-5-12(17)9-18(19)23/h3-10,15,19,22H,11H2,1-2H3/t15-,19-/m1/s1. The SMILES string of the molecule is CC1(C)c2cc(Cl)ccc2N[C@H]2c3cc4ccccc4n3C[C@H]21. The molecule has 0 fully saturated rings. The van der Waals surface area contributed by atoms with Crippen LogP contribution in [0.1, 0.15) is 31.1 Å². The molecule has 23 heavy (non-hydrogen) atoms. The van der Waals surface area contributed by atoms with Crippen LogP contribution in [-0.4, -0.2) is 4.57 Å². The zero-order valence-corrected chi connectivity index (χ0v) is 14.1. The van der Waals surface area contributed by atoms with E-state index in [1.165, 1.54) is 27.8 Å². The summed E-state index contributed by atoms with van der Waals surface area (Å²) in [7, 11) is 0. The minimum atomic E-state index is 0.0935. The highest BCUT2D eigenvalue weighted by Gasteiger charge is 2.47. The highest BCUT2D eigenvalue weighted by molar-refractivity contribution is 6.30. The third kappa shape index (κ3) is 1.70. The zero-order chi connectivity index (χ0) is 15.8. The van der Waals surface area contributed by atoms with Gasteiger partial charge in [-0.05, 0) is 46.7 Å². The zero-order valence-electron chi connectivity index (χ0n) is 13.3. The molecule has 3 heterocycles. The number of benzene rings is 2. The minimum absolute atomic E-state index is 0.0935. The van der Waals surface area contributed by atoms with E-state index in [4.69, 9.17) is 11.6 Å². The third-order valence-electron chi connectivity index (χ3n) is 5.86. The Morgan fingerprint density at radius 3 is 2.83 bits per heavy atom. The van der Waals surface area contributed by atoms with Crippen LogP contribution in [0.4, 0.5) is 5.69 Å². The molecule has 2 nitrogen and oxygen atoms in total. The van der Waals surface area contributed by atoms with E-state index in [0.717, 1.165) is 11.6 Å². The molecule has 2 aliphatic rings. The first-order chi connectivity index (χ1) is 11.1. The van der Waals surface area contributed by atoms with Gasteiger partial charge in [-0.15, -0.1) is 0 Å². The van der Waals surface area contributed by atoms with Gasteiger partial charge in [0, 0.05) is 34.4 Å². The number of nitrogens with zero attached hydrogens (tertiary/aromatic N) is 1. The highest BCUT2D eigenvalue weighted by atomic mass is 35.5. The Bertz CT molecular complexity index is 938. The van der Waals surface area contributed by atoms with Gasteiger partial charge in [-0.3, -0.25) is 0 Å². The van der Waals surface area contributed by atoms with Gasteiger partial charge >= 0.3 is 0 Å². The molecule has 0 saturated carbocycles. The van der Waals surface area contributed by atoms with Crippen LogP contribution in [-0.2, 0) is 12.0 Å². The molecule has 2 aliphatic heterocycles. The molecule has 0 amide bonds. The first-order valence-electron chi connectivity index (χ1n) is 8.20. The number of aromatic nitrogens is 1. The lowest BCUT2D eigenvalue weighted by molar-refractivity contribution is 0.274. The summed E-state index contributed by atoms with van der Waals surface area (Å²) in [6, 6.07) is 17.6. The van der Waals surface area contributed by atoms with Crippen LogP contribution in [0.5, 0.6) is 0 Å². The highest BCUT2D eigenvalue weighted by Crippen LogP contribution is 2.53. The van der Waals surface area contributed by atoms with Crippen molar-refractivity contribution in [1.82, 2.24) is 4.57 Å². The lowest BCUT2D eigenvalue weighted by atomic mass is 9.67. The van der Waals surface area contributed by atoms with Crippen molar-refractivity contribution in [3.8, 4) is 0 Å². The van der Waals surface area contributed by atoms with Gasteiger partial charge in [0.1, 0.15) is 0 Å². The van der Waals surface area contributed by atoms with Crippen LogP contribution in [0.15, 0.2) is 48.5 Å². The summed E-state index contributed by atoms with van der Waals surface area (Å²) in [5, 5.41) is 5.93. The van der Waals surface area contributed by atoms with Crippen LogP contribution in [0.25, 0.3) is 10.9 Å². The minimum Gasteiger partial charge on any atom is -0.376 e. The molecule has 1 N–H and O–H groups in total.